The van der Waals surface area contributed by atoms with Gasteiger partial charge in [0.05, 0.1) is 12.2 Å². The second kappa shape index (κ2) is 9.80. The Morgan fingerprint density at radius 2 is 1.48 bits per heavy atom. The van der Waals surface area contributed by atoms with E-state index in [1.807, 2.05) is 42.5 Å². The summed E-state index contributed by atoms with van der Waals surface area (Å²) < 4.78 is 0. The standard InChI is InChI=1S/C20H23O3/c1-2-3-4-5-9-16-22-23-20(21)19-14-12-18(13-15-19)17-10-7-6-8-11-17/h6-8,10-15H,1-5,9,16H2. The second-order valence-electron chi connectivity index (χ2n) is 5.40. The molecule has 3 nitrogen and oxygen atoms in total. The van der Waals surface area contributed by atoms with Crippen LogP contribution in [0.15, 0.2) is 54.6 Å². The Balaban J connectivity index is 1.75. The maximum atomic E-state index is 11.9. The fourth-order valence-corrected chi connectivity index (χ4v) is 2.26. The highest BCUT2D eigenvalue weighted by atomic mass is 17.2. The molecule has 2 aromatic rings. The van der Waals surface area contributed by atoms with Crippen LogP contribution in [0.5, 0.6) is 0 Å². The Morgan fingerprint density at radius 1 is 0.826 bits per heavy atom. The van der Waals surface area contributed by atoms with Crippen molar-refractivity contribution < 1.29 is 14.6 Å². The van der Waals surface area contributed by atoms with Crippen molar-refractivity contribution in [3.8, 4) is 11.1 Å². The number of carbonyl (C=O) groups is 1. The molecule has 0 spiro atoms. The van der Waals surface area contributed by atoms with Gasteiger partial charge in [-0.25, -0.2) is 4.79 Å². The number of carbonyl (C=O) groups excluding carboxylic acids is 1. The summed E-state index contributed by atoms with van der Waals surface area (Å²) in [4.78, 5) is 21.7. The number of rotatable bonds is 9. The zero-order chi connectivity index (χ0) is 16.3. The van der Waals surface area contributed by atoms with Crippen LogP contribution in [0.2, 0.25) is 0 Å². The minimum absolute atomic E-state index is 0.435. The van der Waals surface area contributed by atoms with E-state index in [1.165, 1.54) is 0 Å². The van der Waals surface area contributed by atoms with Gasteiger partial charge in [-0.3, -0.25) is 4.89 Å². The largest absolute Gasteiger partial charge is 0.373 e. The molecule has 0 aliphatic heterocycles. The summed E-state index contributed by atoms with van der Waals surface area (Å²) in [7, 11) is 0. The van der Waals surface area contributed by atoms with E-state index in [-0.39, 0.29) is 0 Å². The molecular weight excluding hydrogens is 288 g/mol. The molecule has 0 N–H and O–H groups in total. The first kappa shape index (κ1) is 17.2. The number of hydrogen-bond acceptors (Lipinski definition) is 3. The van der Waals surface area contributed by atoms with Gasteiger partial charge in [-0.15, -0.1) is 0 Å². The second-order valence-corrected chi connectivity index (χ2v) is 5.40. The summed E-state index contributed by atoms with van der Waals surface area (Å²) in [6.45, 7) is 4.24. The van der Waals surface area contributed by atoms with Crippen molar-refractivity contribution in [2.75, 3.05) is 6.61 Å². The van der Waals surface area contributed by atoms with Gasteiger partial charge in [-0.05, 0) is 29.7 Å². The van der Waals surface area contributed by atoms with Crippen LogP contribution in [0.25, 0.3) is 11.1 Å². The third-order valence-corrected chi connectivity index (χ3v) is 3.59. The van der Waals surface area contributed by atoms with Crippen LogP contribution >= 0.6 is 0 Å². The summed E-state index contributed by atoms with van der Waals surface area (Å²) in [5.41, 5.74) is 2.67. The molecule has 0 aliphatic rings. The third-order valence-electron chi connectivity index (χ3n) is 3.59. The van der Waals surface area contributed by atoms with Gasteiger partial charge in [0.25, 0.3) is 0 Å². The first-order chi connectivity index (χ1) is 11.3. The molecule has 2 aromatic carbocycles. The highest BCUT2D eigenvalue weighted by Gasteiger charge is 2.08. The average Bonchev–Trinajstić information content (AvgIpc) is 2.61. The van der Waals surface area contributed by atoms with Crippen LogP contribution in [0.4, 0.5) is 0 Å². The molecule has 0 aromatic heterocycles. The number of benzene rings is 2. The van der Waals surface area contributed by atoms with Gasteiger partial charge in [-0.1, -0.05) is 75.1 Å². The summed E-state index contributed by atoms with van der Waals surface area (Å²) in [6, 6.07) is 17.3. The molecule has 2 rings (SSSR count). The highest BCUT2D eigenvalue weighted by molar-refractivity contribution is 5.89. The quantitative estimate of drug-likeness (QED) is 0.361. The van der Waals surface area contributed by atoms with Crippen LogP contribution in [-0.2, 0) is 9.78 Å². The van der Waals surface area contributed by atoms with Gasteiger partial charge in [0.1, 0.15) is 0 Å². The van der Waals surface area contributed by atoms with E-state index < -0.39 is 5.97 Å². The molecule has 0 heterocycles. The zero-order valence-electron chi connectivity index (χ0n) is 13.4. The number of hydrogen-bond donors (Lipinski definition) is 0. The Bertz CT molecular complexity index is 576. The van der Waals surface area contributed by atoms with Crippen molar-refractivity contribution in [2.45, 2.75) is 32.1 Å². The Hall–Kier alpha value is -2.13. The predicted octanol–water partition coefficient (Wildman–Crippen LogP) is 5.23. The van der Waals surface area contributed by atoms with E-state index in [0.717, 1.165) is 43.2 Å². The lowest BCUT2D eigenvalue weighted by atomic mass is 10.0. The molecule has 0 fully saturated rings. The summed E-state index contributed by atoms with van der Waals surface area (Å²) in [5, 5.41) is 0. The topological polar surface area (TPSA) is 35.5 Å². The average molecular weight is 311 g/mol. The molecule has 1 radical (unpaired) electrons. The predicted molar refractivity (Wildman–Crippen MR) is 91.7 cm³/mol. The Morgan fingerprint density at radius 3 is 2.17 bits per heavy atom. The molecule has 0 saturated carbocycles. The van der Waals surface area contributed by atoms with Crippen molar-refractivity contribution in [1.82, 2.24) is 0 Å². The number of unbranched alkanes of at least 4 members (excludes halogenated alkanes) is 4. The Kier molecular flexibility index (Phi) is 7.34. The molecular formula is C20H23O3. The molecule has 3 heteroatoms. The van der Waals surface area contributed by atoms with Gasteiger partial charge in [0.15, 0.2) is 0 Å². The minimum atomic E-state index is -0.456. The molecule has 121 valence electrons. The molecule has 0 aliphatic carbocycles. The van der Waals surface area contributed by atoms with Crippen LogP contribution in [0, 0.1) is 6.92 Å². The van der Waals surface area contributed by atoms with E-state index in [1.54, 1.807) is 12.1 Å². The van der Waals surface area contributed by atoms with Crippen molar-refractivity contribution >= 4 is 5.97 Å². The molecule has 0 unspecified atom stereocenters. The lowest BCUT2D eigenvalue weighted by molar-refractivity contribution is -0.241. The van der Waals surface area contributed by atoms with Crippen molar-refractivity contribution in [3.63, 3.8) is 0 Å². The van der Waals surface area contributed by atoms with Crippen LogP contribution in [0.1, 0.15) is 42.5 Å². The summed E-state index contributed by atoms with van der Waals surface area (Å²) in [5.74, 6) is -0.456. The lowest BCUT2D eigenvalue weighted by Crippen LogP contribution is -2.07. The van der Waals surface area contributed by atoms with E-state index in [9.17, 15) is 4.79 Å². The van der Waals surface area contributed by atoms with Gasteiger partial charge in [0, 0.05) is 0 Å². The first-order valence-electron chi connectivity index (χ1n) is 8.10. The molecule has 23 heavy (non-hydrogen) atoms. The maximum Gasteiger partial charge on any atom is 0.373 e. The zero-order valence-corrected chi connectivity index (χ0v) is 13.4. The van der Waals surface area contributed by atoms with Gasteiger partial charge >= 0.3 is 5.97 Å². The van der Waals surface area contributed by atoms with E-state index in [2.05, 4.69) is 6.92 Å². The maximum absolute atomic E-state index is 11.9. The van der Waals surface area contributed by atoms with Crippen molar-refractivity contribution in [3.05, 3.63) is 67.1 Å². The van der Waals surface area contributed by atoms with Crippen molar-refractivity contribution in [1.29, 1.82) is 0 Å². The van der Waals surface area contributed by atoms with Crippen LogP contribution in [0.3, 0.4) is 0 Å². The lowest BCUT2D eigenvalue weighted by Gasteiger charge is -2.05. The monoisotopic (exact) mass is 311 g/mol. The highest BCUT2D eigenvalue weighted by Crippen LogP contribution is 2.19. The van der Waals surface area contributed by atoms with Crippen molar-refractivity contribution in [2.24, 2.45) is 0 Å². The fourth-order valence-electron chi connectivity index (χ4n) is 2.26. The van der Waals surface area contributed by atoms with Crippen LogP contribution in [-0.4, -0.2) is 12.6 Å². The van der Waals surface area contributed by atoms with Crippen LogP contribution < -0.4 is 0 Å². The SMILES string of the molecule is [CH2]CCCCCCOOC(=O)c1ccc(-c2ccccc2)cc1. The third kappa shape index (κ3) is 5.87. The minimum Gasteiger partial charge on any atom is -0.293 e. The molecule has 0 saturated heterocycles. The summed E-state index contributed by atoms with van der Waals surface area (Å²) >= 11 is 0. The van der Waals surface area contributed by atoms with E-state index in [4.69, 9.17) is 9.78 Å². The smallest absolute Gasteiger partial charge is 0.293 e. The fraction of sp³-hybridized carbons (Fsp3) is 0.300. The van der Waals surface area contributed by atoms with E-state index in [0.29, 0.717) is 12.2 Å². The first-order valence-corrected chi connectivity index (χ1v) is 8.10. The molecule has 0 bridgehead atoms. The Labute approximate surface area is 138 Å². The van der Waals surface area contributed by atoms with Gasteiger partial charge in [0.2, 0.25) is 0 Å². The summed E-state index contributed by atoms with van der Waals surface area (Å²) in [6.07, 6.45) is 5.20. The van der Waals surface area contributed by atoms with E-state index >= 15 is 0 Å². The van der Waals surface area contributed by atoms with Gasteiger partial charge in [-0.2, -0.15) is 4.89 Å². The molecule has 0 amide bonds. The molecule has 0 atom stereocenters. The normalized spacial score (nSPS) is 10.5. The van der Waals surface area contributed by atoms with Gasteiger partial charge < -0.3 is 0 Å².